The molecule has 180 valence electrons. The number of nitrogens with zero attached hydrogens (tertiary/aromatic N) is 2. The topological polar surface area (TPSA) is 86.8 Å². The zero-order valence-corrected chi connectivity index (χ0v) is 22.6. The molecule has 2 aromatic rings. The van der Waals surface area contributed by atoms with Crippen LogP contribution >= 0.6 is 39.1 Å². The lowest BCUT2D eigenvalue weighted by Gasteiger charge is -2.32. The molecule has 2 aromatic carbocycles. The first-order valence-corrected chi connectivity index (χ1v) is 13.5. The molecule has 0 spiro atoms. The van der Waals surface area contributed by atoms with E-state index in [1.807, 2.05) is 38.1 Å². The first-order chi connectivity index (χ1) is 15.3. The monoisotopic (exact) mass is 577 g/mol. The van der Waals surface area contributed by atoms with Crippen LogP contribution in [0.2, 0.25) is 10.0 Å². The fraction of sp³-hybridized carbons (Fsp3) is 0.364. The predicted octanol–water partition coefficient (Wildman–Crippen LogP) is 4.46. The van der Waals surface area contributed by atoms with Crippen molar-refractivity contribution in [2.45, 2.75) is 39.4 Å². The van der Waals surface area contributed by atoms with E-state index in [9.17, 15) is 18.0 Å². The number of amides is 2. The van der Waals surface area contributed by atoms with Crippen molar-refractivity contribution in [3.8, 4) is 0 Å². The van der Waals surface area contributed by atoms with Crippen molar-refractivity contribution in [2.24, 2.45) is 0 Å². The fourth-order valence-electron chi connectivity index (χ4n) is 3.07. The molecule has 2 amide bonds. The average molecular weight is 579 g/mol. The molecule has 7 nitrogen and oxygen atoms in total. The van der Waals surface area contributed by atoms with Crippen LogP contribution in [0.5, 0.6) is 0 Å². The van der Waals surface area contributed by atoms with Gasteiger partial charge in [0, 0.05) is 27.1 Å². The second kappa shape index (κ2) is 11.6. The second-order valence-electron chi connectivity index (χ2n) is 7.88. The van der Waals surface area contributed by atoms with E-state index < -0.39 is 28.5 Å². The SMILES string of the molecule is CC(C)NC(=O)[C@H](C)N(Cc1ccc(Br)cc1)C(=O)CN(c1cc(Cl)cc(Cl)c1)S(C)(=O)=O. The molecule has 1 N–H and O–H groups in total. The number of carbonyl (C=O) groups excluding carboxylic acids is 2. The lowest BCUT2D eigenvalue weighted by Crippen LogP contribution is -2.52. The third-order valence-electron chi connectivity index (χ3n) is 4.68. The number of nitrogens with one attached hydrogen (secondary N) is 1. The van der Waals surface area contributed by atoms with Gasteiger partial charge in [-0.25, -0.2) is 8.42 Å². The summed E-state index contributed by atoms with van der Waals surface area (Å²) in [5.74, 6) is -0.891. The standard InChI is InChI=1S/C22H26BrCl2N3O4S/c1-14(2)26-22(30)15(3)27(12-16-5-7-17(23)8-6-16)21(29)13-28(33(4,31)32)20-10-18(24)9-19(25)11-20/h5-11,14-15H,12-13H2,1-4H3,(H,26,30)/t15-/m0/s1. The smallest absolute Gasteiger partial charge is 0.244 e. The Kier molecular flexibility index (Phi) is 9.60. The minimum atomic E-state index is -3.86. The van der Waals surface area contributed by atoms with Crippen LogP contribution in [0.25, 0.3) is 0 Å². The van der Waals surface area contributed by atoms with Crippen LogP contribution in [0.1, 0.15) is 26.3 Å². The van der Waals surface area contributed by atoms with Crippen LogP contribution in [0, 0.1) is 0 Å². The lowest BCUT2D eigenvalue weighted by molar-refractivity contribution is -0.139. The van der Waals surface area contributed by atoms with Gasteiger partial charge >= 0.3 is 0 Å². The number of rotatable bonds is 9. The Morgan fingerprint density at radius 1 is 1.03 bits per heavy atom. The van der Waals surface area contributed by atoms with E-state index in [2.05, 4.69) is 21.2 Å². The molecule has 0 aliphatic heterocycles. The number of benzene rings is 2. The maximum Gasteiger partial charge on any atom is 0.244 e. The van der Waals surface area contributed by atoms with Crippen molar-refractivity contribution in [1.82, 2.24) is 10.2 Å². The van der Waals surface area contributed by atoms with E-state index in [0.717, 1.165) is 20.6 Å². The largest absolute Gasteiger partial charge is 0.352 e. The summed E-state index contributed by atoms with van der Waals surface area (Å²) in [6.07, 6.45) is 0.989. The Labute approximate surface area is 213 Å². The molecule has 0 aromatic heterocycles. The predicted molar refractivity (Wildman–Crippen MR) is 136 cm³/mol. The molecular formula is C22H26BrCl2N3O4S. The number of anilines is 1. The van der Waals surface area contributed by atoms with Gasteiger partial charge in [0.15, 0.2) is 0 Å². The van der Waals surface area contributed by atoms with E-state index in [-0.39, 0.29) is 34.2 Å². The highest BCUT2D eigenvalue weighted by Gasteiger charge is 2.30. The molecular weight excluding hydrogens is 553 g/mol. The molecule has 0 aliphatic rings. The molecule has 11 heteroatoms. The number of sulfonamides is 1. The molecule has 2 rings (SSSR count). The molecule has 0 heterocycles. The van der Waals surface area contributed by atoms with Crippen LogP contribution in [0.3, 0.4) is 0 Å². The van der Waals surface area contributed by atoms with Crippen molar-refractivity contribution in [2.75, 3.05) is 17.1 Å². The van der Waals surface area contributed by atoms with Crippen molar-refractivity contribution in [3.63, 3.8) is 0 Å². The van der Waals surface area contributed by atoms with Gasteiger partial charge in [-0.15, -0.1) is 0 Å². The van der Waals surface area contributed by atoms with Crippen LogP contribution in [-0.2, 0) is 26.2 Å². The van der Waals surface area contributed by atoms with Gasteiger partial charge in [-0.3, -0.25) is 13.9 Å². The van der Waals surface area contributed by atoms with Gasteiger partial charge in [0.1, 0.15) is 12.6 Å². The molecule has 0 saturated heterocycles. The maximum atomic E-state index is 13.4. The third-order valence-corrected chi connectivity index (χ3v) is 6.78. The van der Waals surface area contributed by atoms with Crippen LogP contribution in [-0.4, -0.2) is 50.0 Å². The van der Waals surface area contributed by atoms with Crippen LogP contribution in [0.4, 0.5) is 5.69 Å². The highest BCUT2D eigenvalue weighted by Crippen LogP contribution is 2.27. The lowest BCUT2D eigenvalue weighted by atomic mass is 10.1. The minimum Gasteiger partial charge on any atom is -0.352 e. The number of halogens is 3. The summed E-state index contributed by atoms with van der Waals surface area (Å²) in [6, 6.07) is 10.6. The number of hydrogen-bond donors (Lipinski definition) is 1. The maximum absolute atomic E-state index is 13.4. The molecule has 0 unspecified atom stereocenters. The Morgan fingerprint density at radius 2 is 1.58 bits per heavy atom. The molecule has 33 heavy (non-hydrogen) atoms. The molecule has 0 aliphatic carbocycles. The summed E-state index contributed by atoms with van der Waals surface area (Å²) in [6.45, 7) is 4.84. The Hall–Kier alpha value is -1.81. The Morgan fingerprint density at radius 3 is 2.06 bits per heavy atom. The van der Waals surface area contributed by atoms with E-state index in [4.69, 9.17) is 23.2 Å². The summed E-state index contributed by atoms with van der Waals surface area (Å²) in [7, 11) is -3.86. The molecule has 1 atom stereocenters. The van der Waals surface area contributed by atoms with Crippen molar-refractivity contribution in [1.29, 1.82) is 0 Å². The summed E-state index contributed by atoms with van der Waals surface area (Å²) in [5.41, 5.74) is 0.943. The summed E-state index contributed by atoms with van der Waals surface area (Å²) >= 11 is 15.5. The van der Waals surface area contributed by atoms with Gasteiger partial charge in [-0.05, 0) is 56.7 Å². The highest BCUT2D eigenvalue weighted by molar-refractivity contribution is 9.10. The second-order valence-corrected chi connectivity index (χ2v) is 11.6. The van der Waals surface area contributed by atoms with Gasteiger partial charge in [-0.1, -0.05) is 51.3 Å². The third kappa shape index (κ3) is 8.17. The van der Waals surface area contributed by atoms with Gasteiger partial charge in [0.2, 0.25) is 21.8 Å². The summed E-state index contributed by atoms with van der Waals surface area (Å²) in [4.78, 5) is 27.5. The summed E-state index contributed by atoms with van der Waals surface area (Å²) in [5, 5.41) is 3.26. The molecule has 0 bridgehead atoms. The summed E-state index contributed by atoms with van der Waals surface area (Å²) < 4.78 is 26.9. The quantitative estimate of drug-likeness (QED) is 0.476. The minimum absolute atomic E-state index is 0.118. The van der Waals surface area contributed by atoms with E-state index >= 15 is 0 Å². The zero-order chi connectivity index (χ0) is 24.9. The van der Waals surface area contributed by atoms with Crippen LogP contribution < -0.4 is 9.62 Å². The molecule has 0 radical (unpaired) electrons. The normalized spacial score (nSPS) is 12.4. The van der Waals surface area contributed by atoms with E-state index in [1.165, 1.54) is 23.1 Å². The zero-order valence-electron chi connectivity index (χ0n) is 18.7. The number of hydrogen-bond acceptors (Lipinski definition) is 4. The van der Waals surface area contributed by atoms with Crippen molar-refractivity contribution in [3.05, 3.63) is 62.5 Å². The van der Waals surface area contributed by atoms with Gasteiger partial charge in [-0.2, -0.15) is 0 Å². The Bertz CT molecular complexity index is 1090. The van der Waals surface area contributed by atoms with Gasteiger partial charge in [0.05, 0.1) is 11.9 Å². The van der Waals surface area contributed by atoms with Crippen LogP contribution in [0.15, 0.2) is 46.9 Å². The molecule has 0 fully saturated rings. The number of carbonyl (C=O) groups is 2. The van der Waals surface area contributed by atoms with E-state index in [1.54, 1.807) is 6.92 Å². The van der Waals surface area contributed by atoms with Crippen molar-refractivity contribution >= 4 is 66.7 Å². The first kappa shape index (κ1) is 27.4. The van der Waals surface area contributed by atoms with Gasteiger partial charge < -0.3 is 10.2 Å². The fourth-order valence-corrected chi connectivity index (χ4v) is 4.68. The Balaban J connectivity index is 2.41. The molecule has 0 saturated carbocycles. The van der Waals surface area contributed by atoms with E-state index in [0.29, 0.717) is 0 Å². The first-order valence-electron chi connectivity index (χ1n) is 10.1. The highest BCUT2D eigenvalue weighted by atomic mass is 79.9. The van der Waals surface area contributed by atoms with Crippen molar-refractivity contribution < 1.29 is 18.0 Å². The van der Waals surface area contributed by atoms with Gasteiger partial charge in [0.25, 0.3) is 0 Å². The average Bonchev–Trinajstić information content (AvgIpc) is 2.68.